The number of carbonyl (C=O) groups excluding carboxylic acids is 2. The van der Waals surface area contributed by atoms with Gasteiger partial charge in [-0.1, -0.05) is 24.3 Å². The molecule has 0 spiro atoms. The number of anilines is 2. The van der Waals surface area contributed by atoms with E-state index in [1.807, 2.05) is 18.2 Å². The lowest BCUT2D eigenvalue weighted by molar-refractivity contribution is -0.684. The molecule has 2 aromatic carbocycles. The molecular formula is C19H18ClN3O4. The average molecular weight is 388 g/mol. The number of amides is 2. The second kappa shape index (κ2) is 8.86. The number of benzene rings is 2. The van der Waals surface area contributed by atoms with Crippen molar-refractivity contribution in [3.63, 3.8) is 0 Å². The molecule has 1 heterocycles. The van der Waals surface area contributed by atoms with E-state index in [1.165, 1.54) is 7.11 Å². The maximum absolute atomic E-state index is 12.3. The van der Waals surface area contributed by atoms with Gasteiger partial charge in [-0.15, -0.1) is 0 Å². The quantitative estimate of drug-likeness (QED) is 0.422. The highest BCUT2D eigenvalue weighted by atomic mass is 35.5. The first-order chi connectivity index (χ1) is 12.6. The van der Waals surface area contributed by atoms with Crippen LogP contribution in [-0.2, 0) is 16.1 Å². The van der Waals surface area contributed by atoms with E-state index in [9.17, 15) is 14.7 Å². The van der Waals surface area contributed by atoms with Crippen molar-refractivity contribution in [1.82, 2.24) is 0 Å². The van der Waals surface area contributed by atoms with Gasteiger partial charge >= 0.3 is 6.09 Å². The highest BCUT2D eigenvalue weighted by Crippen LogP contribution is 2.37. The predicted octanol–water partition coefficient (Wildman–Crippen LogP) is -0.346. The van der Waals surface area contributed by atoms with Gasteiger partial charge in [0.25, 0.3) is 5.91 Å². The maximum Gasteiger partial charge on any atom is 0.411 e. The van der Waals surface area contributed by atoms with Crippen molar-refractivity contribution in [1.29, 1.82) is 0 Å². The number of phenols is 1. The summed E-state index contributed by atoms with van der Waals surface area (Å²) in [5, 5.41) is 17.0. The molecule has 8 heteroatoms. The first-order valence-corrected chi connectivity index (χ1v) is 7.92. The summed E-state index contributed by atoms with van der Waals surface area (Å²) < 4.78 is 6.29. The monoisotopic (exact) mass is 387 g/mol. The number of nitrogens with zero attached hydrogens (tertiary/aromatic N) is 1. The number of halogens is 1. The number of pyridine rings is 1. The Morgan fingerprint density at radius 3 is 2.44 bits per heavy atom. The summed E-state index contributed by atoms with van der Waals surface area (Å²) >= 11 is 0. The molecule has 140 valence electrons. The molecule has 0 saturated carbocycles. The van der Waals surface area contributed by atoms with Crippen LogP contribution in [0.5, 0.6) is 5.75 Å². The molecule has 0 radical (unpaired) electrons. The zero-order valence-electron chi connectivity index (χ0n) is 14.5. The molecule has 0 aliphatic carbocycles. The van der Waals surface area contributed by atoms with Crippen LogP contribution in [0, 0.1) is 0 Å². The van der Waals surface area contributed by atoms with Crippen molar-refractivity contribution in [2.75, 3.05) is 17.7 Å². The Morgan fingerprint density at radius 1 is 1.00 bits per heavy atom. The molecule has 2 amide bonds. The van der Waals surface area contributed by atoms with Gasteiger partial charge in [0.15, 0.2) is 12.4 Å². The number of nitrogens with one attached hydrogen (secondary N) is 2. The highest BCUT2D eigenvalue weighted by Gasteiger charge is 2.15. The molecule has 3 rings (SSSR count). The molecule has 0 unspecified atom stereocenters. The number of aromatic hydroxyl groups is 1. The molecule has 3 N–H and O–H groups in total. The van der Waals surface area contributed by atoms with Crippen molar-refractivity contribution in [2.45, 2.75) is 6.54 Å². The molecule has 1 aromatic heterocycles. The number of aromatic nitrogens is 1. The van der Waals surface area contributed by atoms with E-state index in [0.717, 1.165) is 5.39 Å². The number of methoxy groups -OCH3 is 1. The maximum atomic E-state index is 12.3. The third-order valence-electron chi connectivity index (χ3n) is 3.82. The van der Waals surface area contributed by atoms with Gasteiger partial charge in [-0.05, 0) is 17.5 Å². The van der Waals surface area contributed by atoms with Crippen molar-refractivity contribution in [2.24, 2.45) is 0 Å². The van der Waals surface area contributed by atoms with Crippen LogP contribution in [0.4, 0.5) is 16.2 Å². The fourth-order valence-corrected chi connectivity index (χ4v) is 2.62. The SMILES string of the molecule is COC(=O)Nc1ccc2cccc(NC(=O)C[n+]3ccccc3)c2c1O.[Cl-]. The van der Waals surface area contributed by atoms with Gasteiger partial charge in [0.1, 0.15) is 5.75 Å². The van der Waals surface area contributed by atoms with Crippen molar-refractivity contribution < 1.29 is 36.4 Å². The molecule has 0 bridgehead atoms. The molecule has 0 atom stereocenters. The van der Waals surface area contributed by atoms with Crippen LogP contribution in [0.25, 0.3) is 10.8 Å². The Balaban J connectivity index is 0.00000261. The molecular weight excluding hydrogens is 370 g/mol. The minimum Gasteiger partial charge on any atom is -1.00 e. The fraction of sp³-hybridized carbons (Fsp3) is 0.105. The Bertz CT molecular complexity index is 964. The lowest BCUT2D eigenvalue weighted by atomic mass is 10.1. The average Bonchev–Trinajstić information content (AvgIpc) is 2.64. The Labute approximate surface area is 162 Å². The van der Waals surface area contributed by atoms with Gasteiger partial charge in [-0.25, -0.2) is 4.79 Å². The van der Waals surface area contributed by atoms with Crippen LogP contribution >= 0.6 is 0 Å². The molecule has 0 fully saturated rings. The minimum absolute atomic E-state index is 0. The molecule has 0 aliphatic heterocycles. The van der Waals surface area contributed by atoms with Crippen molar-refractivity contribution in [3.8, 4) is 5.75 Å². The number of hydrogen-bond donors (Lipinski definition) is 3. The highest BCUT2D eigenvalue weighted by molar-refractivity contribution is 6.07. The van der Waals surface area contributed by atoms with E-state index in [1.54, 1.807) is 47.3 Å². The third-order valence-corrected chi connectivity index (χ3v) is 3.82. The lowest BCUT2D eigenvalue weighted by Gasteiger charge is -2.12. The molecule has 27 heavy (non-hydrogen) atoms. The van der Waals surface area contributed by atoms with Gasteiger partial charge in [-0.2, -0.15) is 4.57 Å². The van der Waals surface area contributed by atoms with Gasteiger partial charge < -0.3 is 27.6 Å². The van der Waals surface area contributed by atoms with E-state index in [2.05, 4.69) is 15.4 Å². The van der Waals surface area contributed by atoms with E-state index >= 15 is 0 Å². The van der Waals surface area contributed by atoms with Crippen LogP contribution in [-0.4, -0.2) is 24.2 Å². The van der Waals surface area contributed by atoms with E-state index in [4.69, 9.17) is 0 Å². The standard InChI is InChI=1S/C19H17N3O4.ClH/c1-26-19(25)21-15-9-8-13-6-5-7-14(17(13)18(15)24)20-16(23)12-22-10-3-2-4-11-22;/h2-11H,12H2,1H3,(H2-,20,21,23,24,25);1H. The fourth-order valence-electron chi connectivity index (χ4n) is 2.62. The summed E-state index contributed by atoms with van der Waals surface area (Å²) in [5.74, 6) is -0.379. The Hall–Kier alpha value is -3.32. The second-order valence-electron chi connectivity index (χ2n) is 5.58. The van der Waals surface area contributed by atoms with E-state index < -0.39 is 6.09 Å². The summed E-state index contributed by atoms with van der Waals surface area (Å²) in [6.45, 7) is 0.137. The van der Waals surface area contributed by atoms with Gasteiger partial charge in [-0.3, -0.25) is 10.1 Å². The Kier molecular flexibility index (Phi) is 6.56. The molecule has 7 nitrogen and oxygen atoms in total. The number of hydrogen-bond acceptors (Lipinski definition) is 4. The predicted molar refractivity (Wildman–Crippen MR) is 96.9 cm³/mol. The summed E-state index contributed by atoms with van der Waals surface area (Å²) in [6.07, 6.45) is 2.89. The number of carbonyl (C=O) groups is 2. The van der Waals surface area contributed by atoms with E-state index in [0.29, 0.717) is 11.1 Å². The summed E-state index contributed by atoms with van der Waals surface area (Å²) in [7, 11) is 1.24. The van der Waals surface area contributed by atoms with Crippen LogP contribution < -0.4 is 27.6 Å². The first-order valence-electron chi connectivity index (χ1n) is 7.92. The Morgan fingerprint density at radius 2 is 1.74 bits per heavy atom. The summed E-state index contributed by atoms with van der Waals surface area (Å²) in [5.41, 5.74) is 0.651. The van der Waals surface area contributed by atoms with Crippen LogP contribution in [0.3, 0.4) is 0 Å². The molecule has 3 aromatic rings. The third kappa shape index (κ3) is 4.65. The lowest BCUT2D eigenvalue weighted by Crippen LogP contribution is -3.00. The smallest absolute Gasteiger partial charge is 0.411 e. The number of fused-ring (bicyclic) bond motifs is 1. The minimum atomic E-state index is -0.693. The summed E-state index contributed by atoms with van der Waals surface area (Å²) in [6, 6.07) is 14.1. The van der Waals surface area contributed by atoms with Crippen molar-refractivity contribution in [3.05, 3.63) is 60.9 Å². The zero-order valence-corrected chi connectivity index (χ0v) is 15.2. The van der Waals surface area contributed by atoms with E-state index in [-0.39, 0.29) is 36.3 Å². The van der Waals surface area contributed by atoms with Gasteiger partial charge in [0.05, 0.1) is 18.5 Å². The largest absolute Gasteiger partial charge is 1.00 e. The van der Waals surface area contributed by atoms with Gasteiger partial charge in [0.2, 0.25) is 6.54 Å². The number of phenolic OH excluding ortho intramolecular Hbond substituents is 1. The molecule has 0 saturated heterocycles. The summed E-state index contributed by atoms with van der Waals surface area (Å²) in [4.78, 5) is 23.8. The van der Waals surface area contributed by atoms with Crippen molar-refractivity contribution >= 4 is 34.1 Å². The van der Waals surface area contributed by atoms with Crippen LogP contribution in [0.1, 0.15) is 0 Å². The number of ether oxygens (including phenoxy) is 1. The second-order valence-corrected chi connectivity index (χ2v) is 5.58. The van der Waals surface area contributed by atoms with Gasteiger partial charge in [0, 0.05) is 17.5 Å². The normalized spacial score (nSPS) is 9.96. The van der Waals surface area contributed by atoms with Crippen LogP contribution in [0.2, 0.25) is 0 Å². The number of rotatable bonds is 4. The van der Waals surface area contributed by atoms with Crippen LogP contribution in [0.15, 0.2) is 60.9 Å². The first kappa shape index (κ1) is 20.0. The zero-order chi connectivity index (χ0) is 18.5. The topological polar surface area (TPSA) is 91.5 Å². The molecule has 0 aliphatic rings.